The Balaban J connectivity index is 2.34. The molecule has 0 aromatic carbocycles. The molecule has 0 bridgehead atoms. The fourth-order valence-electron chi connectivity index (χ4n) is 2.83. The highest BCUT2D eigenvalue weighted by Gasteiger charge is 2.45. The van der Waals surface area contributed by atoms with Gasteiger partial charge in [-0.25, -0.2) is 0 Å². The van der Waals surface area contributed by atoms with E-state index in [0.29, 0.717) is 30.4 Å². The lowest BCUT2D eigenvalue weighted by Crippen LogP contribution is -2.40. The van der Waals surface area contributed by atoms with Gasteiger partial charge in [0.1, 0.15) is 5.69 Å². The molecule has 1 fully saturated rings. The average molecular weight is 300 g/mol. The Morgan fingerprint density at radius 1 is 1.65 bits per heavy atom. The van der Waals surface area contributed by atoms with Crippen molar-refractivity contribution in [1.29, 1.82) is 0 Å². The molecule has 1 N–H and O–H groups in total. The van der Waals surface area contributed by atoms with Crippen molar-refractivity contribution >= 4 is 17.4 Å². The van der Waals surface area contributed by atoms with Crippen molar-refractivity contribution in [3.63, 3.8) is 0 Å². The molecule has 0 amide bonds. The highest BCUT2D eigenvalue weighted by molar-refractivity contribution is 6.33. The molecular formula is C14H22ClN3O2. The molecule has 0 spiro atoms. The number of carbonyl (C=O) groups is 1. The molecule has 1 aliphatic rings. The monoisotopic (exact) mass is 299 g/mol. The summed E-state index contributed by atoms with van der Waals surface area (Å²) >= 11 is 6.20. The van der Waals surface area contributed by atoms with Gasteiger partial charge >= 0.3 is 0 Å². The van der Waals surface area contributed by atoms with Crippen LogP contribution in [0.1, 0.15) is 30.8 Å². The average Bonchev–Trinajstić information content (AvgIpc) is 3.03. The Morgan fingerprint density at radius 2 is 2.40 bits per heavy atom. The molecule has 1 saturated heterocycles. The molecule has 1 unspecified atom stereocenters. The molecule has 6 heteroatoms. The van der Waals surface area contributed by atoms with Gasteiger partial charge < -0.3 is 10.1 Å². The predicted octanol–water partition coefficient (Wildman–Crippen LogP) is 2.00. The number of carbonyl (C=O) groups excluding carboxylic acids is 1. The van der Waals surface area contributed by atoms with Crippen molar-refractivity contribution in [3.8, 4) is 0 Å². The van der Waals surface area contributed by atoms with E-state index in [1.165, 1.54) is 0 Å². The number of nitrogens with zero attached hydrogens (tertiary/aromatic N) is 2. The molecule has 2 heterocycles. The molecule has 0 aliphatic carbocycles. The molecule has 20 heavy (non-hydrogen) atoms. The minimum absolute atomic E-state index is 0.0936. The van der Waals surface area contributed by atoms with Crippen LogP contribution in [0.2, 0.25) is 5.02 Å². The molecule has 0 radical (unpaired) electrons. The Labute approximate surface area is 124 Å². The van der Waals surface area contributed by atoms with Gasteiger partial charge in [0, 0.05) is 13.7 Å². The molecule has 1 atom stereocenters. The fourth-order valence-corrected chi connectivity index (χ4v) is 3.06. The normalized spacial score (nSPS) is 22.6. The lowest BCUT2D eigenvalue weighted by molar-refractivity contribution is 0.0724. The maximum Gasteiger partial charge on any atom is 0.190 e. The third-order valence-electron chi connectivity index (χ3n) is 4.26. The third kappa shape index (κ3) is 2.62. The number of ether oxygens (including phenoxy) is 1. The standard InChI is InChI=1S/C14H22ClN3O2/c1-10(2)14(4-5-16-9-14)13(19)12-11(15)8-17-18(12)6-7-20-3/h8,10,16H,4-7,9H2,1-3H3. The zero-order valence-electron chi connectivity index (χ0n) is 12.3. The van der Waals surface area contributed by atoms with Crippen molar-refractivity contribution in [2.24, 2.45) is 11.3 Å². The Bertz CT molecular complexity index is 479. The predicted molar refractivity (Wildman–Crippen MR) is 78.2 cm³/mol. The molecule has 112 valence electrons. The maximum atomic E-state index is 13.1. The summed E-state index contributed by atoms with van der Waals surface area (Å²) in [6.45, 7) is 6.80. The number of aromatic nitrogens is 2. The zero-order valence-corrected chi connectivity index (χ0v) is 13.0. The Hall–Kier alpha value is -0.910. The highest BCUT2D eigenvalue weighted by atomic mass is 35.5. The number of halogens is 1. The van der Waals surface area contributed by atoms with E-state index >= 15 is 0 Å². The first kappa shape index (κ1) is 15.5. The van der Waals surface area contributed by atoms with Gasteiger partial charge in [0.05, 0.1) is 29.8 Å². The lowest BCUT2D eigenvalue weighted by atomic mass is 9.72. The van der Waals surface area contributed by atoms with E-state index in [0.717, 1.165) is 13.0 Å². The summed E-state index contributed by atoms with van der Waals surface area (Å²) in [6, 6.07) is 0. The van der Waals surface area contributed by atoms with Crippen LogP contribution in [0.15, 0.2) is 6.20 Å². The summed E-state index contributed by atoms with van der Waals surface area (Å²) in [5, 5.41) is 7.93. The van der Waals surface area contributed by atoms with Gasteiger partial charge in [-0.15, -0.1) is 0 Å². The number of rotatable bonds is 6. The minimum Gasteiger partial charge on any atom is -0.383 e. The van der Waals surface area contributed by atoms with Crippen LogP contribution >= 0.6 is 11.6 Å². The smallest absolute Gasteiger partial charge is 0.190 e. The van der Waals surface area contributed by atoms with E-state index in [2.05, 4.69) is 24.3 Å². The molecule has 2 rings (SSSR count). The van der Waals surface area contributed by atoms with E-state index < -0.39 is 0 Å². The van der Waals surface area contributed by atoms with Gasteiger partial charge in [0.15, 0.2) is 5.78 Å². The van der Waals surface area contributed by atoms with Crippen LogP contribution in [0.25, 0.3) is 0 Å². The fraction of sp³-hybridized carbons (Fsp3) is 0.714. The number of Topliss-reactive ketones (excluding diaryl/α,β-unsaturated/α-hetero) is 1. The Kier molecular flexibility index (Phi) is 4.83. The van der Waals surface area contributed by atoms with Crippen molar-refractivity contribution in [2.75, 3.05) is 26.8 Å². The minimum atomic E-state index is -0.380. The summed E-state index contributed by atoms with van der Waals surface area (Å²) in [7, 11) is 1.63. The van der Waals surface area contributed by atoms with Gasteiger partial charge in [-0.3, -0.25) is 9.48 Å². The van der Waals surface area contributed by atoms with E-state index in [1.54, 1.807) is 18.0 Å². The topological polar surface area (TPSA) is 56.2 Å². The van der Waals surface area contributed by atoms with Gasteiger partial charge in [-0.1, -0.05) is 25.4 Å². The lowest BCUT2D eigenvalue weighted by Gasteiger charge is -2.31. The van der Waals surface area contributed by atoms with E-state index in [1.807, 2.05) is 0 Å². The first-order chi connectivity index (χ1) is 9.53. The van der Waals surface area contributed by atoms with Crippen LogP contribution in [-0.2, 0) is 11.3 Å². The first-order valence-corrected chi connectivity index (χ1v) is 7.36. The summed E-state index contributed by atoms with van der Waals surface area (Å²) in [5.74, 6) is 0.350. The molecule has 1 aromatic rings. The number of hydrogen-bond donors (Lipinski definition) is 1. The van der Waals surface area contributed by atoms with Gasteiger partial charge in [0.2, 0.25) is 0 Å². The van der Waals surface area contributed by atoms with Crippen LogP contribution in [0.3, 0.4) is 0 Å². The van der Waals surface area contributed by atoms with Crippen molar-refractivity contribution in [1.82, 2.24) is 15.1 Å². The molecule has 1 aliphatic heterocycles. The second-order valence-corrected chi connectivity index (χ2v) is 6.03. The zero-order chi connectivity index (χ0) is 14.8. The van der Waals surface area contributed by atoms with Crippen LogP contribution in [0.5, 0.6) is 0 Å². The third-order valence-corrected chi connectivity index (χ3v) is 4.54. The van der Waals surface area contributed by atoms with Crippen molar-refractivity contribution in [3.05, 3.63) is 16.9 Å². The number of ketones is 1. The quantitative estimate of drug-likeness (QED) is 0.816. The molecule has 1 aromatic heterocycles. The maximum absolute atomic E-state index is 13.1. The number of hydrogen-bond acceptors (Lipinski definition) is 4. The number of nitrogens with one attached hydrogen (secondary N) is 1. The summed E-state index contributed by atoms with van der Waals surface area (Å²) in [6.07, 6.45) is 2.39. The van der Waals surface area contributed by atoms with Crippen LogP contribution < -0.4 is 5.32 Å². The highest BCUT2D eigenvalue weighted by Crippen LogP contribution is 2.38. The number of methoxy groups -OCH3 is 1. The van der Waals surface area contributed by atoms with Gasteiger partial charge in [0.25, 0.3) is 0 Å². The Morgan fingerprint density at radius 3 is 2.95 bits per heavy atom. The van der Waals surface area contributed by atoms with Gasteiger partial charge in [-0.05, 0) is 18.9 Å². The largest absolute Gasteiger partial charge is 0.383 e. The summed E-state index contributed by atoms with van der Waals surface area (Å²) < 4.78 is 6.72. The van der Waals surface area contributed by atoms with E-state index in [9.17, 15) is 4.79 Å². The molecule has 5 nitrogen and oxygen atoms in total. The first-order valence-electron chi connectivity index (χ1n) is 6.98. The van der Waals surface area contributed by atoms with Crippen LogP contribution in [0, 0.1) is 11.3 Å². The van der Waals surface area contributed by atoms with E-state index in [4.69, 9.17) is 16.3 Å². The van der Waals surface area contributed by atoms with Crippen LogP contribution in [0.4, 0.5) is 0 Å². The summed E-state index contributed by atoms with van der Waals surface area (Å²) in [5.41, 5.74) is 0.134. The van der Waals surface area contributed by atoms with Crippen LogP contribution in [-0.4, -0.2) is 42.4 Å². The molecular weight excluding hydrogens is 278 g/mol. The second-order valence-electron chi connectivity index (χ2n) is 5.62. The second kappa shape index (κ2) is 6.24. The molecule has 0 saturated carbocycles. The SMILES string of the molecule is COCCn1ncc(Cl)c1C(=O)C1(C(C)C)CCNC1. The summed E-state index contributed by atoms with van der Waals surface area (Å²) in [4.78, 5) is 13.1. The van der Waals surface area contributed by atoms with Crippen molar-refractivity contribution < 1.29 is 9.53 Å². The van der Waals surface area contributed by atoms with Gasteiger partial charge in [-0.2, -0.15) is 5.10 Å². The van der Waals surface area contributed by atoms with Crippen molar-refractivity contribution in [2.45, 2.75) is 26.8 Å². The van der Waals surface area contributed by atoms with E-state index in [-0.39, 0.29) is 17.1 Å².